The highest BCUT2D eigenvalue weighted by atomic mass is 16.5. The molecular formula is C8H11N5O. The van der Waals surface area contributed by atoms with E-state index in [2.05, 4.69) is 15.2 Å². The number of nitrogens with two attached hydrogens (primary N) is 1. The Morgan fingerprint density at radius 3 is 3.00 bits per heavy atom. The number of rotatable bonds is 3. The van der Waals surface area contributed by atoms with Crippen LogP contribution in [-0.4, -0.2) is 19.9 Å². The van der Waals surface area contributed by atoms with Crippen LogP contribution < -0.4 is 5.73 Å². The zero-order chi connectivity index (χ0) is 9.97. The molecule has 2 aromatic heterocycles. The molecule has 0 spiro atoms. The summed E-state index contributed by atoms with van der Waals surface area (Å²) in [6.07, 6.45) is 2.42. The first-order valence-electron chi connectivity index (χ1n) is 4.28. The van der Waals surface area contributed by atoms with Gasteiger partial charge in [0.05, 0.1) is 18.7 Å². The Kier molecular flexibility index (Phi) is 2.28. The van der Waals surface area contributed by atoms with Crippen molar-refractivity contribution in [3.05, 3.63) is 29.7 Å². The standard InChI is InChI=1S/C8H11N5O/c1-13-3-2-6(11-13)4-8-10-7(5-9)12-14-8/h2-3H,4-5,9H2,1H3. The van der Waals surface area contributed by atoms with Gasteiger partial charge in [0.15, 0.2) is 5.82 Å². The molecule has 2 aromatic rings. The minimum atomic E-state index is 0.297. The van der Waals surface area contributed by atoms with Crippen LogP contribution in [-0.2, 0) is 20.0 Å². The van der Waals surface area contributed by atoms with Crippen molar-refractivity contribution in [3.8, 4) is 0 Å². The fourth-order valence-electron chi connectivity index (χ4n) is 1.16. The third-order valence-corrected chi connectivity index (χ3v) is 1.79. The molecule has 0 unspecified atom stereocenters. The number of hydrogen-bond donors (Lipinski definition) is 1. The summed E-state index contributed by atoms with van der Waals surface area (Å²) in [5.41, 5.74) is 6.26. The molecule has 14 heavy (non-hydrogen) atoms. The monoisotopic (exact) mass is 193 g/mol. The molecule has 0 saturated heterocycles. The Hall–Kier alpha value is -1.69. The third kappa shape index (κ3) is 1.80. The largest absolute Gasteiger partial charge is 0.339 e. The van der Waals surface area contributed by atoms with Gasteiger partial charge < -0.3 is 10.3 Å². The Bertz CT molecular complexity index is 419. The van der Waals surface area contributed by atoms with E-state index >= 15 is 0 Å². The summed E-state index contributed by atoms with van der Waals surface area (Å²) in [5, 5.41) is 7.89. The molecule has 6 heteroatoms. The lowest BCUT2D eigenvalue weighted by Crippen LogP contribution is -1.98. The van der Waals surface area contributed by atoms with Gasteiger partial charge in [0, 0.05) is 13.2 Å². The highest BCUT2D eigenvalue weighted by Gasteiger charge is 2.07. The van der Waals surface area contributed by atoms with E-state index in [0.717, 1.165) is 5.69 Å². The molecule has 2 N–H and O–H groups in total. The Labute approximate surface area is 80.7 Å². The van der Waals surface area contributed by atoms with Crippen LogP contribution in [0.5, 0.6) is 0 Å². The highest BCUT2D eigenvalue weighted by Crippen LogP contribution is 2.04. The summed E-state index contributed by atoms with van der Waals surface area (Å²) in [6, 6.07) is 1.91. The fraction of sp³-hybridized carbons (Fsp3) is 0.375. The van der Waals surface area contributed by atoms with E-state index in [1.54, 1.807) is 4.68 Å². The molecule has 0 amide bonds. The molecule has 0 aliphatic carbocycles. The first kappa shape index (κ1) is 8.89. The maximum absolute atomic E-state index is 5.36. The molecule has 74 valence electrons. The highest BCUT2D eigenvalue weighted by molar-refractivity contribution is 5.05. The second-order valence-corrected chi connectivity index (χ2v) is 2.97. The van der Waals surface area contributed by atoms with Crippen LogP contribution in [0.25, 0.3) is 0 Å². The van der Waals surface area contributed by atoms with Gasteiger partial charge in [0.2, 0.25) is 5.89 Å². The summed E-state index contributed by atoms with van der Waals surface area (Å²) in [7, 11) is 1.86. The molecule has 0 fully saturated rings. The zero-order valence-corrected chi connectivity index (χ0v) is 7.84. The van der Waals surface area contributed by atoms with Gasteiger partial charge in [0.1, 0.15) is 0 Å². The van der Waals surface area contributed by atoms with E-state index in [1.165, 1.54) is 0 Å². The van der Waals surface area contributed by atoms with Gasteiger partial charge in [0.25, 0.3) is 0 Å². The predicted octanol–water partition coefficient (Wildman–Crippen LogP) is -0.147. The van der Waals surface area contributed by atoms with Gasteiger partial charge in [-0.2, -0.15) is 10.1 Å². The SMILES string of the molecule is Cn1ccc(Cc2nc(CN)no2)n1. The number of aromatic nitrogens is 4. The van der Waals surface area contributed by atoms with Gasteiger partial charge in [-0.05, 0) is 6.07 Å². The second-order valence-electron chi connectivity index (χ2n) is 2.97. The van der Waals surface area contributed by atoms with Crippen molar-refractivity contribution in [2.75, 3.05) is 0 Å². The van der Waals surface area contributed by atoms with Gasteiger partial charge in [-0.3, -0.25) is 4.68 Å². The average Bonchev–Trinajstić information content (AvgIpc) is 2.76. The predicted molar refractivity (Wildman–Crippen MR) is 48.2 cm³/mol. The molecule has 0 bridgehead atoms. The normalized spacial score (nSPS) is 10.7. The lowest BCUT2D eigenvalue weighted by molar-refractivity contribution is 0.378. The van der Waals surface area contributed by atoms with Crippen molar-refractivity contribution < 1.29 is 4.52 Å². The molecule has 0 aromatic carbocycles. The van der Waals surface area contributed by atoms with E-state index < -0.39 is 0 Å². The van der Waals surface area contributed by atoms with Crippen LogP contribution in [0.3, 0.4) is 0 Å². The third-order valence-electron chi connectivity index (χ3n) is 1.79. The summed E-state index contributed by atoms with van der Waals surface area (Å²) >= 11 is 0. The molecule has 0 aliphatic rings. The maximum atomic E-state index is 5.36. The van der Waals surface area contributed by atoms with Crippen LogP contribution in [0.4, 0.5) is 0 Å². The van der Waals surface area contributed by atoms with E-state index in [9.17, 15) is 0 Å². The minimum Gasteiger partial charge on any atom is -0.339 e. The van der Waals surface area contributed by atoms with Gasteiger partial charge >= 0.3 is 0 Å². The average molecular weight is 193 g/mol. The summed E-state index contributed by atoms with van der Waals surface area (Å²) in [6.45, 7) is 0.297. The molecular weight excluding hydrogens is 182 g/mol. The number of nitrogens with zero attached hydrogens (tertiary/aromatic N) is 4. The van der Waals surface area contributed by atoms with Crippen LogP contribution in [0, 0.1) is 0 Å². The van der Waals surface area contributed by atoms with Gasteiger partial charge in [-0.1, -0.05) is 5.16 Å². The summed E-state index contributed by atoms with van der Waals surface area (Å²) < 4.78 is 6.71. The molecule has 0 aliphatic heterocycles. The molecule has 0 atom stereocenters. The van der Waals surface area contributed by atoms with Crippen molar-refractivity contribution in [1.29, 1.82) is 0 Å². The minimum absolute atomic E-state index is 0.297. The Balaban J connectivity index is 2.10. The smallest absolute Gasteiger partial charge is 0.232 e. The summed E-state index contributed by atoms with van der Waals surface area (Å²) in [5.74, 6) is 1.07. The van der Waals surface area contributed by atoms with Crippen LogP contribution in [0.15, 0.2) is 16.8 Å². The Morgan fingerprint density at radius 2 is 2.43 bits per heavy atom. The quantitative estimate of drug-likeness (QED) is 0.733. The van der Waals surface area contributed by atoms with Gasteiger partial charge in [-0.25, -0.2) is 0 Å². The van der Waals surface area contributed by atoms with E-state index in [1.807, 2.05) is 19.3 Å². The molecule has 2 heterocycles. The first-order valence-corrected chi connectivity index (χ1v) is 4.28. The zero-order valence-electron chi connectivity index (χ0n) is 7.84. The molecule has 0 radical (unpaired) electrons. The van der Waals surface area contributed by atoms with Crippen LogP contribution in [0.2, 0.25) is 0 Å². The molecule has 0 saturated carbocycles. The topological polar surface area (TPSA) is 82.8 Å². The lowest BCUT2D eigenvalue weighted by atomic mass is 10.3. The van der Waals surface area contributed by atoms with E-state index in [-0.39, 0.29) is 0 Å². The number of aryl methyl sites for hydroxylation is 1. The van der Waals surface area contributed by atoms with Crippen molar-refractivity contribution in [3.63, 3.8) is 0 Å². The van der Waals surface area contributed by atoms with Crippen molar-refractivity contribution in [1.82, 2.24) is 19.9 Å². The molecule has 2 rings (SSSR count). The van der Waals surface area contributed by atoms with Crippen molar-refractivity contribution in [2.45, 2.75) is 13.0 Å². The fourth-order valence-corrected chi connectivity index (χ4v) is 1.16. The van der Waals surface area contributed by atoms with E-state index in [4.69, 9.17) is 10.3 Å². The van der Waals surface area contributed by atoms with Gasteiger partial charge in [-0.15, -0.1) is 0 Å². The number of hydrogen-bond acceptors (Lipinski definition) is 5. The van der Waals surface area contributed by atoms with Crippen molar-refractivity contribution in [2.24, 2.45) is 12.8 Å². The van der Waals surface area contributed by atoms with Crippen LogP contribution >= 0.6 is 0 Å². The maximum Gasteiger partial charge on any atom is 0.232 e. The second kappa shape index (κ2) is 3.59. The lowest BCUT2D eigenvalue weighted by Gasteiger charge is -1.88. The summed E-state index contributed by atoms with van der Waals surface area (Å²) in [4.78, 5) is 4.08. The van der Waals surface area contributed by atoms with Crippen LogP contribution in [0.1, 0.15) is 17.4 Å². The first-order chi connectivity index (χ1) is 6.78. The Morgan fingerprint density at radius 1 is 1.57 bits per heavy atom. The van der Waals surface area contributed by atoms with E-state index in [0.29, 0.717) is 24.7 Å². The molecule has 6 nitrogen and oxygen atoms in total. The van der Waals surface area contributed by atoms with Crippen molar-refractivity contribution >= 4 is 0 Å².